The van der Waals surface area contributed by atoms with E-state index in [-0.39, 0.29) is 11.6 Å². The maximum absolute atomic E-state index is 11.5. The largest absolute Gasteiger partial charge is 0.453 e. The maximum atomic E-state index is 11.5. The van der Waals surface area contributed by atoms with Crippen LogP contribution >= 0.6 is 0 Å². The van der Waals surface area contributed by atoms with Crippen molar-refractivity contribution < 1.29 is 14.3 Å². The minimum Gasteiger partial charge on any atom is -0.453 e. The monoisotopic (exact) mass is 187 g/mol. The van der Waals surface area contributed by atoms with Gasteiger partial charge < -0.3 is 9.47 Å². The Morgan fingerprint density at radius 3 is 2.23 bits per heavy atom. The molecule has 0 aliphatic carbocycles. The molecule has 0 spiro atoms. The molecule has 4 nitrogen and oxygen atoms in total. The molecule has 0 aromatic heterocycles. The molecule has 1 aliphatic heterocycles. The van der Waals surface area contributed by atoms with Gasteiger partial charge >= 0.3 is 6.09 Å². The van der Waals surface area contributed by atoms with Gasteiger partial charge in [-0.05, 0) is 27.7 Å². The fraction of sp³-hybridized carbons (Fsp3) is 0.889. The lowest BCUT2D eigenvalue weighted by Crippen LogP contribution is -2.52. The van der Waals surface area contributed by atoms with Crippen LogP contribution in [0.2, 0.25) is 0 Å². The second kappa shape index (κ2) is 2.87. The number of hydrogen-bond donors (Lipinski definition) is 0. The smallest absolute Gasteiger partial charge is 0.412 e. The maximum Gasteiger partial charge on any atom is 0.412 e. The molecule has 0 aromatic carbocycles. The first-order valence-corrected chi connectivity index (χ1v) is 4.33. The predicted molar refractivity (Wildman–Crippen MR) is 48.4 cm³/mol. The number of rotatable bonds is 0. The van der Waals surface area contributed by atoms with Crippen molar-refractivity contribution in [3.8, 4) is 0 Å². The van der Waals surface area contributed by atoms with Crippen LogP contribution in [-0.4, -0.2) is 36.0 Å². The Bertz CT molecular complexity index is 207. The minimum absolute atomic E-state index is 0.295. The van der Waals surface area contributed by atoms with Gasteiger partial charge in [-0.25, -0.2) is 4.79 Å². The Labute approximate surface area is 78.8 Å². The second-order valence-electron chi connectivity index (χ2n) is 4.35. The van der Waals surface area contributed by atoms with Crippen LogP contribution in [0, 0.1) is 0 Å². The van der Waals surface area contributed by atoms with E-state index in [4.69, 9.17) is 9.47 Å². The highest BCUT2D eigenvalue weighted by molar-refractivity contribution is 5.69. The third-order valence-corrected chi connectivity index (χ3v) is 2.28. The summed E-state index contributed by atoms with van der Waals surface area (Å²) in [6.07, 6.45) is -0.340. The van der Waals surface area contributed by atoms with Crippen molar-refractivity contribution in [2.45, 2.75) is 39.0 Å². The molecule has 0 radical (unpaired) electrons. The Morgan fingerprint density at radius 2 is 1.92 bits per heavy atom. The van der Waals surface area contributed by atoms with E-state index >= 15 is 0 Å². The normalized spacial score (nSPS) is 24.5. The van der Waals surface area contributed by atoms with Gasteiger partial charge in [0, 0.05) is 0 Å². The molecule has 1 rings (SSSR count). The molecule has 0 unspecified atom stereocenters. The molecule has 13 heavy (non-hydrogen) atoms. The highest BCUT2D eigenvalue weighted by Gasteiger charge is 2.49. The van der Waals surface area contributed by atoms with Crippen LogP contribution in [0.5, 0.6) is 0 Å². The van der Waals surface area contributed by atoms with Crippen molar-refractivity contribution in [1.29, 1.82) is 0 Å². The van der Waals surface area contributed by atoms with Crippen LogP contribution in [0.1, 0.15) is 27.7 Å². The lowest BCUT2D eigenvalue weighted by Gasteiger charge is -2.36. The molecule has 1 heterocycles. The van der Waals surface area contributed by atoms with E-state index in [1.807, 2.05) is 27.7 Å². The van der Waals surface area contributed by atoms with Gasteiger partial charge in [0.05, 0.1) is 19.3 Å². The fourth-order valence-electron chi connectivity index (χ4n) is 1.77. The van der Waals surface area contributed by atoms with E-state index in [2.05, 4.69) is 0 Å². The van der Waals surface area contributed by atoms with Crippen LogP contribution in [0.4, 0.5) is 4.79 Å². The topological polar surface area (TPSA) is 38.8 Å². The summed E-state index contributed by atoms with van der Waals surface area (Å²) in [7, 11) is 1.38. The second-order valence-corrected chi connectivity index (χ2v) is 4.35. The molecule has 1 fully saturated rings. The molecule has 0 N–H and O–H groups in total. The number of nitrogens with zero attached hydrogens (tertiary/aromatic N) is 1. The SMILES string of the molecule is COC(=O)N1C(C)(C)COC1(C)C. The van der Waals surface area contributed by atoms with Crippen molar-refractivity contribution >= 4 is 6.09 Å². The number of methoxy groups -OCH3 is 1. The molecule has 1 amide bonds. The standard InChI is InChI=1S/C9H17NO3/c1-8(2)6-13-9(3,4)10(8)7(11)12-5/h6H2,1-5H3. The van der Waals surface area contributed by atoms with Crippen LogP contribution < -0.4 is 0 Å². The van der Waals surface area contributed by atoms with Gasteiger partial charge in [-0.3, -0.25) is 4.90 Å². The van der Waals surface area contributed by atoms with E-state index in [0.29, 0.717) is 6.61 Å². The molecule has 0 bridgehead atoms. The van der Waals surface area contributed by atoms with E-state index < -0.39 is 5.72 Å². The molecule has 0 aromatic rings. The van der Waals surface area contributed by atoms with Gasteiger partial charge in [-0.2, -0.15) is 0 Å². The van der Waals surface area contributed by atoms with Gasteiger partial charge in [-0.15, -0.1) is 0 Å². The van der Waals surface area contributed by atoms with Gasteiger partial charge in [0.2, 0.25) is 0 Å². The van der Waals surface area contributed by atoms with E-state index in [1.165, 1.54) is 7.11 Å². The molecular formula is C9H17NO3. The molecule has 0 saturated carbocycles. The zero-order valence-electron chi connectivity index (χ0n) is 8.88. The van der Waals surface area contributed by atoms with Gasteiger partial charge in [0.25, 0.3) is 0 Å². The lowest BCUT2D eigenvalue weighted by molar-refractivity contribution is -0.0485. The van der Waals surface area contributed by atoms with E-state index in [1.54, 1.807) is 4.90 Å². The third kappa shape index (κ3) is 1.63. The zero-order valence-corrected chi connectivity index (χ0v) is 8.88. The first kappa shape index (κ1) is 10.3. The van der Waals surface area contributed by atoms with Crippen LogP contribution in [0.3, 0.4) is 0 Å². The number of amides is 1. The Kier molecular flexibility index (Phi) is 2.28. The number of ether oxygens (including phenoxy) is 2. The highest BCUT2D eigenvalue weighted by Crippen LogP contribution is 2.34. The summed E-state index contributed by atoms with van der Waals surface area (Å²) in [5.41, 5.74) is -0.868. The average molecular weight is 187 g/mol. The molecule has 1 saturated heterocycles. The highest BCUT2D eigenvalue weighted by atomic mass is 16.6. The first-order chi connectivity index (χ1) is 5.81. The summed E-state index contributed by atoms with van der Waals surface area (Å²) in [6, 6.07) is 0. The third-order valence-electron chi connectivity index (χ3n) is 2.28. The van der Waals surface area contributed by atoms with Gasteiger partial charge in [-0.1, -0.05) is 0 Å². The number of hydrogen-bond acceptors (Lipinski definition) is 3. The van der Waals surface area contributed by atoms with Gasteiger partial charge in [0.1, 0.15) is 5.72 Å². The van der Waals surface area contributed by atoms with E-state index in [9.17, 15) is 4.79 Å². The summed E-state index contributed by atoms with van der Waals surface area (Å²) >= 11 is 0. The lowest BCUT2D eigenvalue weighted by atomic mass is 10.0. The van der Waals surface area contributed by atoms with E-state index in [0.717, 1.165) is 0 Å². The molecule has 4 heteroatoms. The van der Waals surface area contributed by atoms with Gasteiger partial charge in [0.15, 0.2) is 0 Å². The summed E-state index contributed by atoms with van der Waals surface area (Å²) in [6.45, 7) is 8.17. The summed E-state index contributed by atoms with van der Waals surface area (Å²) in [4.78, 5) is 13.1. The first-order valence-electron chi connectivity index (χ1n) is 4.33. The Hall–Kier alpha value is -0.770. The average Bonchev–Trinajstić information content (AvgIpc) is 2.20. The van der Waals surface area contributed by atoms with Crippen molar-refractivity contribution in [2.24, 2.45) is 0 Å². The van der Waals surface area contributed by atoms with Crippen LogP contribution in [0.15, 0.2) is 0 Å². The number of carbonyl (C=O) groups excluding carboxylic acids is 1. The summed E-state index contributed by atoms with van der Waals surface area (Å²) < 4.78 is 10.2. The van der Waals surface area contributed by atoms with Crippen LogP contribution in [-0.2, 0) is 9.47 Å². The molecule has 1 aliphatic rings. The fourth-order valence-corrected chi connectivity index (χ4v) is 1.77. The quantitative estimate of drug-likeness (QED) is 0.578. The van der Waals surface area contributed by atoms with Crippen molar-refractivity contribution in [3.63, 3.8) is 0 Å². The molecule has 76 valence electrons. The Balaban J connectivity index is 2.94. The van der Waals surface area contributed by atoms with Crippen LogP contribution in [0.25, 0.3) is 0 Å². The van der Waals surface area contributed by atoms with Crippen molar-refractivity contribution in [1.82, 2.24) is 4.90 Å². The van der Waals surface area contributed by atoms with Crippen molar-refractivity contribution in [3.05, 3.63) is 0 Å². The molecular weight excluding hydrogens is 170 g/mol. The number of carbonyl (C=O) groups is 1. The zero-order chi connectivity index (χ0) is 10.3. The van der Waals surface area contributed by atoms with Crippen molar-refractivity contribution in [2.75, 3.05) is 13.7 Å². The predicted octanol–water partition coefficient (Wildman–Crippen LogP) is 1.60. The molecule has 0 atom stereocenters. The summed E-state index contributed by atoms with van der Waals surface area (Å²) in [5, 5.41) is 0. The Morgan fingerprint density at radius 1 is 1.38 bits per heavy atom. The minimum atomic E-state index is -0.573. The summed E-state index contributed by atoms with van der Waals surface area (Å²) in [5.74, 6) is 0.